The lowest BCUT2D eigenvalue weighted by atomic mass is 10.2. The van der Waals surface area contributed by atoms with Gasteiger partial charge in [-0.1, -0.05) is 0 Å². The normalized spacial score (nSPS) is 19.3. The van der Waals surface area contributed by atoms with Crippen LogP contribution in [-0.4, -0.2) is 58.3 Å². The molecule has 1 fully saturated rings. The van der Waals surface area contributed by atoms with Crippen molar-refractivity contribution in [3.63, 3.8) is 0 Å². The number of thiophene rings is 1. The third kappa shape index (κ3) is 4.19. The second-order valence-corrected chi connectivity index (χ2v) is 7.96. The number of alkyl halides is 3. The maximum atomic E-state index is 13.2. The Hall–Kier alpha value is -0.680. The zero-order valence-electron chi connectivity index (χ0n) is 12.0. The minimum absolute atomic E-state index is 0.0636. The average molecular weight is 357 g/mol. The lowest BCUT2D eigenvalue weighted by molar-refractivity contribution is -0.182. The SMILES string of the molecule is Cc1ccsc1S(=O)(=O)NCC(N1CCNCC1)C(F)(F)F. The molecule has 22 heavy (non-hydrogen) atoms. The first-order chi connectivity index (χ1) is 10.2. The number of piperazine rings is 1. The van der Waals surface area contributed by atoms with Crippen LogP contribution in [0.25, 0.3) is 0 Å². The van der Waals surface area contributed by atoms with Crippen molar-refractivity contribution < 1.29 is 21.6 Å². The predicted octanol–water partition coefficient (Wildman–Crippen LogP) is 1.17. The monoisotopic (exact) mass is 357 g/mol. The van der Waals surface area contributed by atoms with Crippen LogP contribution in [0.4, 0.5) is 13.2 Å². The number of nitrogens with zero attached hydrogens (tertiary/aromatic N) is 1. The molecule has 2 rings (SSSR count). The van der Waals surface area contributed by atoms with Gasteiger partial charge in [0.2, 0.25) is 10.0 Å². The molecule has 0 amide bonds. The van der Waals surface area contributed by atoms with E-state index < -0.39 is 28.8 Å². The third-order valence-electron chi connectivity index (χ3n) is 3.50. The van der Waals surface area contributed by atoms with E-state index in [9.17, 15) is 21.6 Å². The first-order valence-corrected chi connectivity index (χ1v) is 9.13. The minimum Gasteiger partial charge on any atom is -0.314 e. The molecule has 0 bridgehead atoms. The van der Waals surface area contributed by atoms with Gasteiger partial charge in [-0.3, -0.25) is 4.90 Å². The fourth-order valence-corrected chi connectivity index (χ4v) is 4.83. The van der Waals surface area contributed by atoms with E-state index in [-0.39, 0.29) is 17.3 Å². The van der Waals surface area contributed by atoms with Gasteiger partial charge in [-0.2, -0.15) is 13.2 Å². The van der Waals surface area contributed by atoms with E-state index in [2.05, 4.69) is 10.0 Å². The number of halogens is 3. The van der Waals surface area contributed by atoms with Gasteiger partial charge in [0.25, 0.3) is 0 Å². The van der Waals surface area contributed by atoms with Gasteiger partial charge < -0.3 is 5.32 Å². The molecule has 10 heteroatoms. The molecular weight excluding hydrogens is 339 g/mol. The zero-order valence-corrected chi connectivity index (χ0v) is 13.6. The highest BCUT2D eigenvalue weighted by Gasteiger charge is 2.44. The summed E-state index contributed by atoms with van der Waals surface area (Å²) in [6.07, 6.45) is -4.48. The zero-order chi connectivity index (χ0) is 16.4. The summed E-state index contributed by atoms with van der Waals surface area (Å²) in [6, 6.07) is -0.193. The molecule has 0 saturated carbocycles. The molecule has 1 aliphatic heterocycles. The molecule has 0 radical (unpaired) electrons. The Morgan fingerprint density at radius 1 is 1.41 bits per heavy atom. The van der Waals surface area contributed by atoms with Crippen LogP contribution in [0.3, 0.4) is 0 Å². The number of nitrogens with one attached hydrogen (secondary N) is 2. The maximum Gasteiger partial charge on any atom is 0.405 e. The van der Waals surface area contributed by atoms with Gasteiger partial charge in [-0.05, 0) is 23.9 Å². The van der Waals surface area contributed by atoms with Crippen LogP contribution < -0.4 is 10.0 Å². The Morgan fingerprint density at radius 3 is 2.55 bits per heavy atom. The fourth-order valence-electron chi connectivity index (χ4n) is 2.33. The molecular formula is C12H18F3N3O2S2. The first kappa shape index (κ1) is 17.7. The summed E-state index contributed by atoms with van der Waals surface area (Å²) in [5, 5.41) is 4.58. The lowest BCUT2D eigenvalue weighted by Gasteiger charge is -2.35. The van der Waals surface area contributed by atoms with Gasteiger partial charge in [0.1, 0.15) is 10.3 Å². The maximum absolute atomic E-state index is 13.2. The number of hydrogen-bond donors (Lipinski definition) is 2. The van der Waals surface area contributed by atoms with Crippen LogP contribution in [0.1, 0.15) is 5.56 Å². The van der Waals surface area contributed by atoms with Crippen molar-refractivity contribution in [2.24, 2.45) is 0 Å². The Bertz CT molecular complexity index is 595. The lowest BCUT2D eigenvalue weighted by Crippen LogP contribution is -2.57. The fraction of sp³-hybridized carbons (Fsp3) is 0.667. The molecule has 126 valence electrons. The highest BCUT2D eigenvalue weighted by atomic mass is 32.2. The average Bonchev–Trinajstić information content (AvgIpc) is 2.85. The Labute approximate surface area is 131 Å². The van der Waals surface area contributed by atoms with Crippen LogP contribution in [0.2, 0.25) is 0 Å². The van der Waals surface area contributed by atoms with E-state index in [1.807, 2.05) is 0 Å². The van der Waals surface area contributed by atoms with Gasteiger partial charge in [0.15, 0.2) is 0 Å². The molecule has 1 aromatic heterocycles. The second-order valence-electron chi connectivity index (χ2n) is 5.09. The smallest absolute Gasteiger partial charge is 0.314 e. The molecule has 0 spiro atoms. The highest BCUT2D eigenvalue weighted by Crippen LogP contribution is 2.26. The highest BCUT2D eigenvalue weighted by molar-refractivity contribution is 7.91. The molecule has 1 aromatic rings. The van der Waals surface area contributed by atoms with Crippen LogP contribution >= 0.6 is 11.3 Å². The third-order valence-corrected chi connectivity index (χ3v) is 6.61. The van der Waals surface area contributed by atoms with Gasteiger partial charge in [0.05, 0.1) is 0 Å². The van der Waals surface area contributed by atoms with Crippen molar-refractivity contribution >= 4 is 21.4 Å². The summed E-state index contributed by atoms with van der Waals surface area (Å²) >= 11 is 0.996. The molecule has 1 atom stereocenters. The van der Waals surface area contributed by atoms with Crippen molar-refractivity contribution in [3.8, 4) is 0 Å². The van der Waals surface area contributed by atoms with Gasteiger partial charge in [-0.25, -0.2) is 13.1 Å². The molecule has 2 heterocycles. The van der Waals surface area contributed by atoms with Crippen LogP contribution in [0, 0.1) is 6.92 Å². The first-order valence-electron chi connectivity index (χ1n) is 6.77. The standard InChI is InChI=1S/C12H18F3N3O2S2/c1-9-2-7-21-11(9)22(19,20)17-8-10(12(13,14)15)18-5-3-16-4-6-18/h2,7,10,16-17H,3-6,8H2,1H3. The molecule has 0 aliphatic carbocycles. The largest absolute Gasteiger partial charge is 0.405 e. The van der Waals surface area contributed by atoms with E-state index in [4.69, 9.17) is 0 Å². The van der Waals surface area contributed by atoms with E-state index in [1.165, 1.54) is 4.90 Å². The van der Waals surface area contributed by atoms with E-state index in [1.54, 1.807) is 18.4 Å². The van der Waals surface area contributed by atoms with Crippen molar-refractivity contribution in [2.45, 2.75) is 23.4 Å². The summed E-state index contributed by atoms with van der Waals surface area (Å²) in [5.74, 6) is 0. The molecule has 1 unspecified atom stereocenters. The summed E-state index contributed by atoms with van der Waals surface area (Å²) in [5.41, 5.74) is 0.531. The van der Waals surface area contributed by atoms with E-state index in [0.717, 1.165) is 11.3 Å². The van der Waals surface area contributed by atoms with Crippen LogP contribution in [0.15, 0.2) is 15.7 Å². The van der Waals surface area contributed by atoms with Gasteiger partial charge in [-0.15, -0.1) is 11.3 Å². The van der Waals surface area contributed by atoms with Crippen molar-refractivity contribution in [3.05, 3.63) is 17.0 Å². The van der Waals surface area contributed by atoms with Crippen molar-refractivity contribution in [2.75, 3.05) is 32.7 Å². The van der Waals surface area contributed by atoms with Crippen molar-refractivity contribution in [1.82, 2.24) is 14.9 Å². The number of aryl methyl sites for hydroxylation is 1. The summed E-state index contributed by atoms with van der Waals surface area (Å²) in [6.45, 7) is 2.34. The quantitative estimate of drug-likeness (QED) is 0.831. The second kappa shape index (κ2) is 6.83. The minimum atomic E-state index is -4.48. The summed E-state index contributed by atoms with van der Waals surface area (Å²) in [7, 11) is -3.92. The summed E-state index contributed by atoms with van der Waals surface area (Å²) < 4.78 is 66.1. The van der Waals surface area contributed by atoms with Gasteiger partial charge in [0, 0.05) is 32.7 Å². The number of rotatable bonds is 5. The van der Waals surface area contributed by atoms with E-state index >= 15 is 0 Å². The Balaban J connectivity index is 2.10. The number of hydrogen-bond acceptors (Lipinski definition) is 5. The van der Waals surface area contributed by atoms with Gasteiger partial charge >= 0.3 is 6.18 Å². The van der Waals surface area contributed by atoms with Crippen LogP contribution in [-0.2, 0) is 10.0 Å². The Morgan fingerprint density at radius 2 is 2.05 bits per heavy atom. The number of sulfonamides is 1. The van der Waals surface area contributed by atoms with Crippen LogP contribution in [0.5, 0.6) is 0 Å². The summed E-state index contributed by atoms with van der Waals surface area (Å²) in [4.78, 5) is 1.26. The van der Waals surface area contributed by atoms with Crippen molar-refractivity contribution in [1.29, 1.82) is 0 Å². The predicted molar refractivity (Wildman–Crippen MR) is 78.5 cm³/mol. The Kier molecular flexibility index (Phi) is 5.49. The van der Waals surface area contributed by atoms with E-state index in [0.29, 0.717) is 18.7 Å². The molecule has 2 N–H and O–H groups in total. The molecule has 1 aliphatic rings. The molecule has 0 aromatic carbocycles. The molecule has 5 nitrogen and oxygen atoms in total. The molecule has 1 saturated heterocycles. The topological polar surface area (TPSA) is 61.4 Å².